The smallest absolute Gasteiger partial charge is 0.175 e. The molecule has 1 aliphatic heterocycles. The number of rotatable bonds is 0. The molecule has 0 nitrogen and oxygen atoms in total. The normalized spacial score (nSPS) is 39.3. The van der Waals surface area contributed by atoms with Crippen molar-refractivity contribution in [2.75, 3.05) is 0 Å². The van der Waals surface area contributed by atoms with Crippen molar-refractivity contribution in [3.63, 3.8) is 0 Å². The van der Waals surface area contributed by atoms with Crippen molar-refractivity contribution in [3.8, 4) is 0 Å². The SMILES string of the molecule is FC1(F)S(F)(F)C(F)(F)S1(F)F. The summed E-state index contributed by atoms with van der Waals surface area (Å²) in [7, 11) is -13.7. The van der Waals surface area contributed by atoms with Gasteiger partial charge in [-0.15, -0.1) is 15.5 Å². The second kappa shape index (κ2) is 1.97. The van der Waals surface area contributed by atoms with Gasteiger partial charge in [-0.05, 0) is 0 Å². The molecule has 0 saturated carbocycles. The average molecular weight is 240 g/mol. The van der Waals surface area contributed by atoms with E-state index in [1.165, 1.54) is 0 Å². The fourth-order valence-corrected chi connectivity index (χ4v) is 3.85. The van der Waals surface area contributed by atoms with Crippen LogP contribution in [0, 0.1) is 0 Å². The molecule has 0 aromatic heterocycles. The Hall–Kier alpha value is 0.140. The molecule has 0 radical (unpaired) electrons. The van der Waals surface area contributed by atoms with E-state index in [1.54, 1.807) is 0 Å². The standard InChI is InChI=1S/C2F8S2/c3-1(4)11(7,8)2(5,6)12(1,9)10. The quantitative estimate of drug-likeness (QED) is 0.555. The lowest BCUT2D eigenvalue weighted by Gasteiger charge is -2.53. The van der Waals surface area contributed by atoms with Crippen LogP contribution >= 0.6 is 21.6 Å². The third-order valence-electron chi connectivity index (χ3n) is 1.19. The van der Waals surface area contributed by atoms with Crippen LogP contribution in [0.15, 0.2) is 0 Å². The van der Waals surface area contributed by atoms with E-state index < -0.39 is 30.8 Å². The van der Waals surface area contributed by atoms with Crippen molar-refractivity contribution >= 4 is 21.6 Å². The number of halogens is 8. The summed E-state index contributed by atoms with van der Waals surface area (Å²) in [6, 6.07) is 0. The van der Waals surface area contributed by atoms with Crippen LogP contribution < -0.4 is 0 Å². The van der Waals surface area contributed by atoms with E-state index in [0.717, 1.165) is 0 Å². The average Bonchev–Trinajstić information content (AvgIpc) is 1.84. The Morgan fingerprint density at radius 2 is 0.750 bits per heavy atom. The van der Waals surface area contributed by atoms with Crippen molar-refractivity contribution in [1.82, 2.24) is 0 Å². The summed E-state index contributed by atoms with van der Waals surface area (Å²) in [5.74, 6) is 0. The van der Waals surface area contributed by atoms with Gasteiger partial charge in [0.05, 0.1) is 0 Å². The minimum Gasteiger partial charge on any atom is -0.175 e. The zero-order valence-electron chi connectivity index (χ0n) is 4.84. The summed E-state index contributed by atoms with van der Waals surface area (Å²) < 4.78 is 82.0. The Labute approximate surface area is 64.7 Å². The molecule has 12 heavy (non-hydrogen) atoms. The molecule has 76 valence electrons. The van der Waals surface area contributed by atoms with Crippen molar-refractivity contribution in [3.05, 3.63) is 0 Å². The molecular formula is C2F8S2. The molecule has 1 rings (SSSR count). The molecule has 1 aliphatic rings. The Morgan fingerprint density at radius 1 is 0.583 bits per heavy atom. The Balaban J connectivity index is 3.16. The molecule has 0 aliphatic carbocycles. The molecule has 0 spiro atoms. The van der Waals surface area contributed by atoms with E-state index in [1.807, 2.05) is 0 Å². The predicted molar refractivity (Wildman–Crippen MR) is 29.5 cm³/mol. The van der Waals surface area contributed by atoms with Gasteiger partial charge in [-0.3, -0.25) is 0 Å². The third kappa shape index (κ3) is 0.649. The number of hydrogen-bond acceptors (Lipinski definition) is 0. The lowest BCUT2D eigenvalue weighted by Crippen LogP contribution is -2.51. The summed E-state index contributed by atoms with van der Waals surface area (Å²) in [4.78, 5) is 0. The maximum Gasteiger partial charge on any atom is 0.422 e. The summed E-state index contributed by atoms with van der Waals surface area (Å²) in [5.41, 5.74) is 0. The molecule has 0 amide bonds. The first-order valence-corrected chi connectivity index (χ1v) is 5.06. The Kier molecular flexibility index (Phi) is 1.67. The molecule has 0 aromatic carbocycles. The van der Waals surface area contributed by atoms with Gasteiger partial charge in [-0.25, -0.2) is 0 Å². The summed E-state index contributed by atoms with van der Waals surface area (Å²) in [5, 5.41) is 0. The van der Waals surface area contributed by atoms with Crippen molar-refractivity contribution in [2.45, 2.75) is 9.17 Å². The highest BCUT2D eigenvalue weighted by Crippen LogP contribution is 3.04. The van der Waals surface area contributed by atoms with Crippen LogP contribution in [0.5, 0.6) is 0 Å². The van der Waals surface area contributed by atoms with Crippen LogP contribution in [-0.4, -0.2) is 9.17 Å². The third-order valence-corrected chi connectivity index (χ3v) is 6.09. The predicted octanol–water partition coefficient (Wildman–Crippen LogP) is 4.25. The number of alkyl halides is 4. The second-order valence-corrected chi connectivity index (χ2v) is 6.31. The molecule has 0 unspecified atom stereocenters. The molecular weight excluding hydrogens is 240 g/mol. The first-order valence-electron chi connectivity index (χ1n) is 2.19. The lowest BCUT2D eigenvalue weighted by molar-refractivity contribution is 0.0769. The summed E-state index contributed by atoms with van der Waals surface area (Å²) in [6.07, 6.45) is 0. The van der Waals surface area contributed by atoms with Gasteiger partial charge in [-0.1, -0.05) is 0 Å². The summed E-state index contributed by atoms with van der Waals surface area (Å²) in [6.45, 7) is 0. The molecule has 0 atom stereocenters. The van der Waals surface area contributed by atoms with Crippen molar-refractivity contribution < 1.29 is 33.1 Å². The van der Waals surface area contributed by atoms with E-state index in [4.69, 9.17) is 0 Å². The molecule has 1 fully saturated rings. The number of hydrogen-bond donors (Lipinski definition) is 0. The van der Waals surface area contributed by atoms with Crippen LogP contribution in [0.4, 0.5) is 33.1 Å². The fourth-order valence-electron chi connectivity index (χ4n) is 0.506. The van der Waals surface area contributed by atoms with E-state index in [0.29, 0.717) is 0 Å². The minimum absolute atomic E-state index is 5.80. The van der Waals surface area contributed by atoms with E-state index in [-0.39, 0.29) is 0 Å². The van der Waals surface area contributed by atoms with Crippen molar-refractivity contribution in [1.29, 1.82) is 0 Å². The second-order valence-electron chi connectivity index (χ2n) is 1.86. The molecule has 0 N–H and O–H groups in total. The maximum atomic E-state index is 11.7. The Morgan fingerprint density at radius 3 is 0.833 bits per heavy atom. The highest BCUT2D eigenvalue weighted by Gasteiger charge is 2.97. The zero-order valence-corrected chi connectivity index (χ0v) is 6.47. The highest BCUT2D eigenvalue weighted by molar-refractivity contribution is 8.58. The molecule has 10 heteroatoms. The topological polar surface area (TPSA) is 0 Å². The van der Waals surface area contributed by atoms with E-state index in [2.05, 4.69) is 0 Å². The first kappa shape index (κ1) is 10.2. The first-order chi connectivity index (χ1) is 5.00. The van der Waals surface area contributed by atoms with Crippen LogP contribution in [0.1, 0.15) is 0 Å². The Bertz CT molecular complexity index is 155. The van der Waals surface area contributed by atoms with Gasteiger partial charge in [0, 0.05) is 0 Å². The van der Waals surface area contributed by atoms with Gasteiger partial charge in [0.15, 0.2) is 0 Å². The van der Waals surface area contributed by atoms with Gasteiger partial charge in [0.2, 0.25) is 21.6 Å². The van der Waals surface area contributed by atoms with Gasteiger partial charge >= 0.3 is 9.17 Å². The molecule has 1 heterocycles. The van der Waals surface area contributed by atoms with Crippen LogP contribution in [0.25, 0.3) is 0 Å². The molecule has 0 aromatic rings. The van der Waals surface area contributed by atoms with Gasteiger partial charge in [-0.2, -0.15) is 17.6 Å². The van der Waals surface area contributed by atoms with Gasteiger partial charge < -0.3 is 0 Å². The minimum atomic E-state index is -6.83. The van der Waals surface area contributed by atoms with Gasteiger partial charge in [0.1, 0.15) is 0 Å². The highest BCUT2D eigenvalue weighted by atomic mass is 32.4. The van der Waals surface area contributed by atoms with E-state index in [9.17, 15) is 33.1 Å². The summed E-state index contributed by atoms with van der Waals surface area (Å²) >= 11 is 0. The van der Waals surface area contributed by atoms with Crippen LogP contribution in [-0.2, 0) is 0 Å². The molecule has 1 saturated heterocycles. The van der Waals surface area contributed by atoms with Crippen molar-refractivity contribution in [2.24, 2.45) is 0 Å². The lowest BCUT2D eigenvalue weighted by atomic mass is 11.5. The van der Waals surface area contributed by atoms with E-state index >= 15 is 0 Å². The van der Waals surface area contributed by atoms with Gasteiger partial charge in [0.25, 0.3) is 0 Å². The fraction of sp³-hybridized carbons (Fsp3) is 1.00. The van der Waals surface area contributed by atoms with Crippen LogP contribution in [0.2, 0.25) is 0 Å². The van der Waals surface area contributed by atoms with Crippen LogP contribution in [0.3, 0.4) is 0 Å². The maximum absolute atomic E-state index is 11.7. The monoisotopic (exact) mass is 240 g/mol. The zero-order chi connectivity index (χ0) is 10.0. The molecule has 0 bridgehead atoms. The largest absolute Gasteiger partial charge is 0.422 e.